The number of amides is 1. The van der Waals surface area contributed by atoms with Gasteiger partial charge in [0.1, 0.15) is 17.1 Å². The number of carbonyl (C=O) groups is 2. The van der Waals surface area contributed by atoms with Gasteiger partial charge in [0, 0.05) is 29.7 Å². The van der Waals surface area contributed by atoms with Crippen LogP contribution in [-0.2, 0) is 13.0 Å². The summed E-state index contributed by atoms with van der Waals surface area (Å²) in [6.45, 7) is 0.777. The highest BCUT2D eigenvalue weighted by Crippen LogP contribution is 2.37. The van der Waals surface area contributed by atoms with Crippen molar-refractivity contribution in [2.75, 3.05) is 20.8 Å². The van der Waals surface area contributed by atoms with Gasteiger partial charge in [0.2, 0.25) is 5.75 Å². The summed E-state index contributed by atoms with van der Waals surface area (Å²) >= 11 is 6.04. The summed E-state index contributed by atoms with van der Waals surface area (Å²) < 4.78 is 16.3. The molecular weight excluding hydrogens is 546 g/mol. The Morgan fingerprint density at radius 3 is 2.10 bits per heavy atom. The summed E-state index contributed by atoms with van der Waals surface area (Å²) in [4.78, 5) is 27.0. The molecule has 4 aromatic carbocycles. The first-order chi connectivity index (χ1) is 19.8. The number of ether oxygens (including phenoxy) is 3. The van der Waals surface area contributed by atoms with Crippen molar-refractivity contribution in [1.82, 2.24) is 4.90 Å². The Kier molecular flexibility index (Phi) is 9.71. The Morgan fingerprint density at radius 2 is 1.49 bits per heavy atom. The molecule has 0 aliphatic rings. The van der Waals surface area contributed by atoms with Crippen LogP contribution in [0.15, 0.2) is 84.9 Å². The SMILES string of the molecule is COc1cc(C(=O)N(CCCc2ccccc2)Cc2ccc(Oc3cc(Cl)ccc3C(=O)O)cc2)cc(OC)c1O. The van der Waals surface area contributed by atoms with Crippen molar-refractivity contribution in [3.8, 4) is 28.7 Å². The number of benzene rings is 4. The van der Waals surface area contributed by atoms with Gasteiger partial charge in [0.15, 0.2) is 11.5 Å². The summed E-state index contributed by atoms with van der Waals surface area (Å²) in [5, 5.41) is 20.1. The van der Waals surface area contributed by atoms with Crippen LogP contribution < -0.4 is 14.2 Å². The van der Waals surface area contributed by atoms with Crippen molar-refractivity contribution >= 4 is 23.5 Å². The van der Waals surface area contributed by atoms with E-state index in [1.807, 2.05) is 30.3 Å². The molecule has 4 rings (SSSR count). The number of carbonyl (C=O) groups excluding carboxylic acids is 1. The predicted molar refractivity (Wildman–Crippen MR) is 156 cm³/mol. The lowest BCUT2D eigenvalue weighted by molar-refractivity contribution is 0.0692. The van der Waals surface area contributed by atoms with Crippen molar-refractivity contribution in [3.63, 3.8) is 0 Å². The first-order valence-electron chi connectivity index (χ1n) is 12.9. The highest BCUT2D eigenvalue weighted by molar-refractivity contribution is 6.30. The smallest absolute Gasteiger partial charge is 0.339 e. The van der Waals surface area contributed by atoms with E-state index in [0.29, 0.717) is 29.4 Å². The second-order valence-corrected chi connectivity index (χ2v) is 9.67. The fourth-order valence-electron chi connectivity index (χ4n) is 4.34. The maximum atomic E-state index is 13.7. The Morgan fingerprint density at radius 1 is 0.829 bits per heavy atom. The zero-order chi connectivity index (χ0) is 29.4. The van der Waals surface area contributed by atoms with E-state index >= 15 is 0 Å². The molecule has 0 aliphatic carbocycles. The van der Waals surface area contributed by atoms with Crippen LogP contribution >= 0.6 is 11.6 Å². The molecular formula is C32H30ClNO7. The average molecular weight is 576 g/mol. The average Bonchev–Trinajstić information content (AvgIpc) is 2.97. The van der Waals surface area contributed by atoms with E-state index in [4.69, 9.17) is 25.8 Å². The van der Waals surface area contributed by atoms with E-state index in [0.717, 1.165) is 18.4 Å². The molecule has 0 spiro atoms. The van der Waals surface area contributed by atoms with Crippen LogP contribution in [0.5, 0.6) is 28.7 Å². The van der Waals surface area contributed by atoms with Gasteiger partial charge >= 0.3 is 5.97 Å². The van der Waals surface area contributed by atoms with Crippen molar-refractivity contribution < 1.29 is 34.0 Å². The number of hydrogen-bond donors (Lipinski definition) is 2. The van der Waals surface area contributed by atoms with E-state index in [-0.39, 0.29) is 34.5 Å². The standard InChI is InChI=1S/C32H30ClNO7/c1-39-28-17-23(18-29(40-2)30(28)35)31(36)34(16-6-9-21-7-4-3-5-8-21)20-22-10-13-25(14-11-22)41-27-19-24(33)12-15-26(27)32(37)38/h3-5,7-8,10-15,17-19,35H,6,9,16,20H2,1-2H3,(H,37,38). The molecule has 0 bridgehead atoms. The van der Waals surface area contributed by atoms with Gasteiger partial charge in [-0.15, -0.1) is 0 Å². The fraction of sp³-hybridized carbons (Fsp3) is 0.188. The number of halogens is 1. The molecule has 41 heavy (non-hydrogen) atoms. The zero-order valence-electron chi connectivity index (χ0n) is 22.7. The minimum Gasteiger partial charge on any atom is -0.502 e. The van der Waals surface area contributed by atoms with E-state index in [1.54, 1.807) is 17.0 Å². The van der Waals surface area contributed by atoms with Crippen molar-refractivity contribution in [2.24, 2.45) is 0 Å². The minimum atomic E-state index is -1.12. The number of nitrogens with zero attached hydrogens (tertiary/aromatic N) is 1. The first kappa shape index (κ1) is 29.3. The van der Waals surface area contributed by atoms with Crippen LogP contribution in [0.2, 0.25) is 5.02 Å². The molecule has 2 N–H and O–H groups in total. The van der Waals surface area contributed by atoms with Crippen molar-refractivity contribution in [1.29, 1.82) is 0 Å². The van der Waals surface area contributed by atoms with Gasteiger partial charge in [0.25, 0.3) is 5.91 Å². The monoisotopic (exact) mass is 575 g/mol. The quantitative estimate of drug-likeness (QED) is 0.191. The zero-order valence-corrected chi connectivity index (χ0v) is 23.4. The van der Waals surface area contributed by atoms with E-state index in [1.165, 1.54) is 50.1 Å². The van der Waals surface area contributed by atoms with Crippen molar-refractivity contribution in [3.05, 3.63) is 112 Å². The number of phenols is 1. The predicted octanol–water partition coefficient (Wildman–Crippen LogP) is 6.83. The van der Waals surface area contributed by atoms with Gasteiger partial charge in [0.05, 0.1) is 14.2 Å². The number of hydrogen-bond acceptors (Lipinski definition) is 6. The topological polar surface area (TPSA) is 106 Å². The van der Waals surface area contributed by atoms with Gasteiger partial charge in [-0.1, -0.05) is 54.1 Å². The van der Waals surface area contributed by atoms with Crippen LogP contribution in [-0.4, -0.2) is 47.8 Å². The van der Waals surface area contributed by atoms with Gasteiger partial charge in [-0.25, -0.2) is 4.79 Å². The Balaban J connectivity index is 1.55. The van der Waals surface area contributed by atoms with Gasteiger partial charge < -0.3 is 29.3 Å². The first-order valence-corrected chi connectivity index (χ1v) is 13.2. The molecule has 212 valence electrons. The van der Waals surface area contributed by atoms with Gasteiger partial charge in [-0.3, -0.25) is 4.79 Å². The van der Waals surface area contributed by atoms with Gasteiger partial charge in [-0.2, -0.15) is 0 Å². The van der Waals surface area contributed by atoms with Crippen LogP contribution in [0, 0.1) is 0 Å². The molecule has 1 amide bonds. The third-order valence-corrected chi connectivity index (χ3v) is 6.68. The highest BCUT2D eigenvalue weighted by Gasteiger charge is 2.21. The lowest BCUT2D eigenvalue weighted by Crippen LogP contribution is -2.32. The summed E-state index contributed by atoms with van der Waals surface area (Å²) in [5.74, 6) is -0.719. The molecule has 0 radical (unpaired) electrons. The Bertz CT molecular complexity index is 1480. The van der Waals surface area contributed by atoms with Gasteiger partial charge in [-0.05, 0) is 60.4 Å². The molecule has 8 nitrogen and oxygen atoms in total. The number of aromatic carboxylic acids is 1. The number of methoxy groups -OCH3 is 2. The molecule has 0 saturated heterocycles. The highest BCUT2D eigenvalue weighted by atomic mass is 35.5. The maximum absolute atomic E-state index is 13.7. The lowest BCUT2D eigenvalue weighted by Gasteiger charge is -2.24. The number of aryl methyl sites for hydroxylation is 1. The number of carboxylic acids is 1. The number of rotatable bonds is 12. The van der Waals surface area contributed by atoms with Crippen LogP contribution in [0.3, 0.4) is 0 Å². The van der Waals surface area contributed by atoms with E-state index < -0.39 is 5.97 Å². The maximum Gasteiger partial charge on any atom is 0.339 e. The molecule has 0 aromatic heterocycles. The summed E-state index contributed by atoms with van der Waals surface area (Å²) in [5.41, 5.74) is 2.33. The Hall–Kier alpha value is -4.69. The summed E-state index contributed by atoms with van der Waals surface area (Å²) in [6, 6.07) is 24.4. The normalized spacial score (nSPS) is 10.6. The van der Waals surface area contributed by atoms with Crippen LogP contribution in [0.1, 0.15) is 38.3 Å². The third kappa shape index (κ3) is 7.49. The number of phenolic OH excluding ortho intramolecular Hbond substituents is 1. The molecule has 0 aliphatic heterocycles. The molecule has 0 atom stereocenters. The number of aromatic hydroxyl groups is 1. The van der Waals surface area contributed by atoms with E-state index in [9.17, 15) is 19.8 Å². The Labute approximate surface area is 243 Å². The molecule has 0 heterocycles. The summed E-state index contributed by atoms with van der Waals surface area (Å²) in [6.07, 6.45) is 1.53. The second-order valence-electron chi connectivity index (χ2n) is 9.24. The lowest BCUT2D eigenvalue weighted by atomic mass is 10.1. The van der Waals surface area contributed by atoms with Crippen LogP contribution in [0.25, 0.3) is 0 Å². The van der Waals surface area contributed by atoms with Crippen LogP contribution in [0.4, 0.5) is 0 Å². The molecule has 9 heteroatoms. The summed E-state index contributed by atoms with van der Waals surface area (Å²) in [7, 11) is 2.82. The largest absolute Gasteiger partial charge is 0.502 e. The molecule has 4 aromatic rings. The minimum absolute atomic E-state index is 0.00609. The second kappa shape index (κ2) is 13.6. The third-order valence-electron chi connectivity index (χ3n) is 6.45. The molecule has 0 saturated carbocycles. The molecule has 0 fully saturated rings. The van der Waals surface area contributed by atoms with Crippen molar-refractivity contribution in [2.45, 2.75) is 19.4 Å². The fourth-order valence-corrected chi connectivity index (χ4v) is 4.50. The molecule has 0 unspecified atom stereocenters. The number of carboxylic acid groups (broad SMARTS) is 1. The van der Waals surface area contributed by atoms with E-state index in [2.05, 4.69) is 12.1 Å².